The normalized spacial score (nSPS) is 48.3. The summed E-state index contributed by atoms with van der Waals surface area (Å²) in [5.41, 5.74) is -0.0211. The summed E-state index contributed by atoms with van der Waals surface area (Å²) < 4.78 is 17.5. The van der Waals surface area contributed by atoms with Gasteiger partial charge in [-0.1, -0.05) is 25.5 Å². The van der Waals surface area contributed by atoms with Gasteiger partial charge >= 0.3 is 17.9 Å². The molecule has 7 heteroatoms. The van der Waals surface area contributed by atoms with Crippen LogP contribution in [0.4, 0.5) is 0 Å². The second-order valence-electron chi connectivity index (χ2n) is 11.6. The fraction of sp³-hybridized carbons (Fsp3) is 0.808. The van der Waals surface area contributed by atoms with Gasteiger partial charge in [-0.2, -0.15) is 0 Å². The summed E-state index contributed by atoms with van der Waals surface area (Å²) in [5.74, 6) is -0.682. The van der Waals surface area contributed by atoms with E-state index in [4.69, 9.17) is 14.2 Å². The lowest BCUT2D eigenvalue weighted by Crippen LogP contribution is -2.63. The van der Waals surface area contributed by atoms with Crippen LogP contribution in [0.15, 0.2) is 11.6 Å². The minimum absolute atomic E-state index is 0.0278. The molecule has 0 aromatic heterocycles. The minimum atomic E-state index is -0.677. The molecule has 1 heterocycles. The van der Waals surface area contributed by atoms with Crippen molar-refractivity contribution in [1.82, 2.24) is 0 Å². The molecular formula is C26H36O7. The highest BCUT2D eigenvalue weighted by atomic mass is 16.6. The van der Waals surface area contributed by atoms with Crippen LogP contribution >= 0.6 is 0 Å². The van der Waals surface area contributed by atoms with Gasteiger partial charge in [0, 0.05) is 38.0 Å². The fourth-order valence-corrected chi connectivity index (χ4v) is 8.64. The van der Waals surface area contributed by atoms with E-state index in [-0.39, 0.29) is 58.7 Å². The van der Waals surface area contributed by atoms with Crippen LogP contribution in [0, 0.1) is 28.6 Å². The van der Waals surface area contributed by atoms with E-state index >= 15 is 0 Å². The van der Waals surface area contributed by atoms with Crippen molar-refractivity contribution >= 4 is 17.9 Å². The number of aliphatic hydroxyl groups is 1. The van der Waals surface area contributed by atoms with Crippen molar-refractivity contribution in [1.29, 1.82) is 0 Å². The maximum atomic E-state index is 12.2. The van der Waals surface area contributed by atoms with Gasteiger partial charge < -0.3 is 19.3 Å². The third kappa shape index (κ3) is 3.28. The number of hydrogen-bond donors (Lipinski definition) is 1. The standard InChI is InChI=1S/C26H36O7/c1-14(27)31-17-5-8-24(3)16(11-17)12-19(29)22-18-6-9-26(10-7-21(30)33-26)25(18,4)13-20(23(22)24)32-15(2)28/h12,17-20,22-23,29H,5-11,13H2,1-4H3/t17-,18-,19-,20+,22+,23?,24-,25-,26+/m0/s1. The molecule has 1 N–H and O–H groups in total. The lowest BCUT2D eigenvalue weighted by Gasteiger charge is -2.61. The maximum Gasteiger partial charge on any atom is 0.306 e. The Morgan fingerprint density at radius 2 is 1.82 bits per heavy atom. The van der Waals surface area contributed by atoms with Gasteiger partial charge in [0.15, 0.2) is 0 Å². The van der Waals surface area contributed by atoms with Gasteiger partial charge in [-0.25, -0.2) is 0 Å². The van der Waals surface area contributed by atoms with Gasteiger partial charge in [-0.05, 0) is 55.8 Å². The predicted molar refractivity (Wildman–Crippen MR) is 118 cm³/mol. The minimum Gasteiger partial charge on any atom is -0.462 e. The highest BCUT2D eigenvalue weighted by Crippen LogP contribution is 2.69. The molecule has 0 aromatic rings. The molecule has 0 bridgehead atoms. The molecule has 182 valence electrons. The van der Waals surface area contributed by atoms with E-state index in [0.717, 1.165) is 31.3 Å². The van der Waals surface area contributed by atoms with Crippen LogP contribution in [0.3, 0.4) is 0 Å². The number of aliphatic hydroxyl groups excluding tert-OH is 1. The summed E-state index contributed by atoms with van der Waals surface area (Å²) in [7, 11) is 0. The largest absolute Gasteiger partial charge is 0.462 e. The lowest BCUT2D eigenvalue weighted by molar-refractivity contribution is -0.205. The Hall–Kier alpha value is -1.89. The van der Waals surface area contributed by atoms with Crippen LogP contribution in [0.2, 0.25) is 0 Å². The number of esters is 3. The molecule has 1 aliphatic heterocycles. The Labute approximate surface area is 195 Å². The summed E-state index contributed by atoms with van der Waals surface area (Å²) in [6, 6.07) is 0. The molecule has 33 heavy (non-hydrogen) atoms. The molecule has 0 aromatic carbocycles. The molecule has 3 saturated carbocycles. The average molecular weight is 461 g/mol. The van der Waals surface area contributed by atoms with E-state index in [0.29, 0.717) is 25.7 Å². The zero-order chi connectivity index (χ0) is 23.8. The summed E-state index contributed by atoms with van der Waals surface area (Å²) in [6.45, 7) is 7.28. The van der Waals surface area contributed by atoms with Crippen LogP contribution in [0.25, 0.3) is 0 Å². The zero-order valence-electron chi connectivity index (χ0n) is 20.1. The molecule has 0 radical (unpaired) electrons. The number of carbonyl (C=O) groups excluding carboxylic acids is 3. The van der Waals surface area contributed by atoms with Crippen LogP contribution in [-0.4, -0.2) is 46.9 Å². The Bertz CT molecular complexity index is 910. The smallest absolute Gasteiger partial charge is 0.306 e. The van der Waals surface area contributed by atoms with Crippen molar-refractivity contribution in [2.75, 3.05) is 0 Å². The third-order valence-electron chi connectivity index (χ3n) is 9.98. The average Bonchev–Trinajstić information content (AvgIpc) is 3.22. The molecule has 1 saturated heterocycles. The molecule has 1 spiro atoms. The molecule has 5 rings (SSSR count). The van der Waals surface area contributed by atoms with Gasteiger partial charge in [0.05, 0.1) is 6.10 Å². The highest BCUT2D eigenvalue weighted by Gasteiger charge is 2.70. The van der Waals surface area contributed by atoms with Crippen molar-refractivity contribution < 1.29 is 33.7 Å². The molecule has 9 atom stereocenters. The Morgan fingerprint density at radius 1 is 1.09 bits per heavy atom. The third-order valence-corrected chi connectivity index (χ3v) is 9.98. The first kappa shape index (κ1) is 22.9. The van der Waals surface area contributed by atoms with E-state index < -0.39 is 11.7 Å². The SMILES string of the molecule is CC(=O)O[C@H]1CC[C@@]2(C)C(=C[C@H](O)[C@@H]3C2[C@H](OC(C)=O)C[C@@]2(C)[C@H]3CC[C@@]23CCC(=O)O3)C1. The zero-order valence-corrected chi connectivity index (χ0v) is 20.1. The number of fused-ring (bicyclic) bond motifs is 6. The van der Waals surface area contributed by atoms with Crippen LogP contribution in [0.1, 0.15) is 79.1 Å². The molecule has 7 nitrogen and oxygen atoms in total. The molecule has 1 unspecified atom stereocenters. The topological polar surface area (TPSA) is 99.1 Å². The molecule has 4 aliphatic carbocycles. The van der Waals surface area contributed by atoms with E-state index in [1.165, 1.54) is 13.8 Å². The number of carbonyl (C=O) groups is 3. The molecule has 0 amide bonds. The first-order chi connectivity index (χ1) is 15.5. The van der Waals surface area contributed by atoms with E-state index in [2.05, 4.69) is 13.8 Å². The highest BCUT2D eigenvalue weighted by molar-refractivity contribution is 5.72. The van der Waals surface area contributed by atoms with Crippen molar-refractivity contribution in [3.63, 3.8) is 0 Å². The van der Waals surface area contributed by atoms with Crippen molar-refractivity contribution in [2.24, 2.45) is 28.6 Å². The van der Waals surface area contributed by atoms with Gasteiger partial charge in [0.25, 0.3) is 0 Å². The number of ether oxygens (including phenoxy) is 3. The predicted octanol–water partition coefficient (Wildman–Crippen LogP) is 3.47. The Balaban J connectivity index is 1.55. The van der Waals surface area contributed by atoms with Crippen molar-refractivity contribution in [3.8, 4) is 0 Å². The number of rotatable bonds is 2. The number of hydrogen-bond acceptors (Lipinski definition) is 7. The summed E-state index contributed by atoms with van der Waals surface area (Å²) >= 11 is 0. The molecule has 5 aliphatic rings. The molecule has 4 fully saturated rings. The van der Waals surface area contributed by atoms with Crippen LogP contribution in [0.5, 0.6) is 0 Å². The second kappa shape index (κ2) is 7.56. The summed E-state index contributed by atoms with van der Waals surface area (Å²) in [4.78, 5) is 35.9. The Morgan fingerprint density at radius 3 is 2.45 bits per heavy atom. The quantitative estimate of drug-likeness (QED) is 0.383. The summed E-state index contributed by atoms with van der Waals surface area (Å²) in [6.07, 6.45) is 6.38. The van der Waals surface area contributed by atoms with E-state index in [1.54, 1.807) is 0 Å². The lowest BCUT2D eigenvalue weighted by atomic mass is 9.45. The first-order valence-corrected chi connectivity index (χ1v) is 12.4. The van der Waals surface area contributed by atoms with Gasteiger partial charge in [-0.3, -0.25) is 14.4 Å². The van der Waals surface area contributed by atoms with Gasteiger partial charge in [-0.15, -0.1) is 0 Å². The second-order valence-corrected chi connectivity index (χ2v) is 11.6. The first-order valence-electron chi connectivity index (χ1n) is 12.4. The van der Waals surface area contributed by atoms with Crippen molar-refractivity contribution in [2.45, 2.75) is 103 Å². The maximum absolute atomic E-state index is 12.2. The molecular weight excluding hydrogens is 424 g/mol. The monoisotopic (exact) mass is 460 g/mol. The van der Waals surface area contributed by atoms with E-state index in [9.17, 15) is 19.5 Å². The fourth-order valence-electron chi connectivity index (χ4n) is 8.64. The summed E-state index contributed by atoms with van der Waals surface area (Å²) in [5, 5.41) is 11.5. The Kier molecular flexibility index (Phi) is 5.24. The van der Waals surface area contributed by atoms with Gasteiger partial charge in [0.2, 0.25) is 0 Å². The van der Waals surface area contributed by atoms with Crippen LogP contribution in [-0.2, 0) is 28.6 Å². The van der Waals surface area contributed by atoms with E-state index in [1.807, 2.05) is 6.08 Å². The van der Waals surface area contributed by atoms with Gasteiger partial charge in [0.1, 0.15) is 17.8 Å². The van der Waals surface area contributed by atoms with Crippen molar-refractivity contribution in [3.05, 3.63) is 11.6 Å². The van der Waals surface area contributed by atoms with Crippen LogP contribution < -0.4 is 0 Å².